The summed E-state index contributed by atoms with van der Waals surface area (Å²) in [6.07, 6.45) is 9.22. The largest absolute Gasteiger partial charge is 0.340 e. The Morgan fingerprint density at radius 2 is 1.91 bits per heavy atom. The van der Waals surface area contributed by atoms with E-state index in [4.69, 9.17) is 0 Å². The molecule has 4 rings (SSSR count). The summed E-state index contributed by atoms with van der Waals surface area (Å²) in [4.78, 5) is 11.8. The second-order valence-corrected chi connectivity index (χ2v) is 11.7. The number of piperazine rings is 1. The minimum absolute atomic E-state index is 0.193. The number of aromatic nitrogens is 2. The number of allylic oxidation sites excluding steroid dienone is 1. The summed E-state index contributed by atoms with van der Waals surface area (Å²) in [6.45, 7) is 11.5. The average Bonchev–Trinajstić information content (AvgIpc) is 2.81. The quantitative estimate of drug-likeness (QED) is 0.462. The number of nitrogens with one attached hydrogen (secondary N) is 4. The van der Waals surface area contributed by atoms with Crippen LogP contribution >= 0.6 is 0 Å². The molecule has 9 nitrogen and oxygen atoms in total. The molecule has 0 spiro atoms. The van der Waals surface area contributed by atoms with Crippen LogP contribution in [0.3, 0.4) is 0 Å². The topological polar surface area (TPSA) is 111 Å². The van der Waals surface area contributed by atoms with Crippen LogP contribution in [0.2, 0.25) is 0 Å². The van der Waals surface area contributed by atoms with Crippen molar-refractivity contribution in [3.05, 3.63) is 60.0 Å². The van der Waals surface area contributed by atoms with Crippen molar-refractivity contribution in [2.75, 3.05) is 36.8 Å². The van der Waals surface area contributed by atoms with E-state index in [1.54, 1.807) is 24.4 Å². The smallest absolute Gasteiger partial charge is 0.241 e. The molecule has 188 valence electrons. The Kier molecular flexibility index (Phi) is 7.56. The molecule has 0 radical (unpaired) electrons. The molecule has 1 fully saturated rings. The van der Waals surface area contributed by atoms with Crippen LogP contribution in [0.5, 0.6) is 0 Å². The van der Waals surface area contributed by atoms with Crippen LogP contribution < -0.4 is 20.7 Å². The van der Waals surface area contributed by atoms with Gasteiger partial charge in [0, 0.05) is 60.9 Å². The number of anilines is 3. The zero-order valence-corrected chi connectivity index (χ0v) is 21.6. The molecule has 0 amide bonds. The molecule has 2 heterocycles. The van der Waals surface area contributed by atoms with Gasteiger partial charge >= 0.3 is 0 Å². The first-order valence-corrected chi connectivity index (χ1v) is 13.4. The fraction of sp³-hybridized carbons (Fsp3) is 0.440. The summed E-state index contributed by atoms with van der Waals surface area (Å²) in [6, 6.07) is 7.07. The number of hydrogen-bond acceptors (Lipinski definition) is 8. The van der Waals surface area contributed by atoms with Gasteiger partial charge in [-0.25, -0.2) is 18.1 Å². The molecular weight excluding hydrogens is 462 g/mol. The second kappa shape index (κ2) is 10.4. The summed E-state index contributed by atoms with van der Waals surface area (Å²) >= 11 is 0. The molecule has 10 heteroatoms. The van der Waals surface area contributed by atoms with Gasteiger partial charge in [-0.15, -0.1) is 0 Å². The van der Waals surface area contributed by atoms with E-state index in [9.17, 15) is 8.42 Å². The number of nitrogens with zero attached hydrogens (tertiary/aromatic N) is 3. The first-order chi connectivity index (χ1) is 16.6. The predicted molar refractivity (Wildman–Crippen MR) is 140 cm³/mol. The molecule has 1 saturated heterocycles. The second-order valence-electron chi connectivity index (χ2n) is 9.97. The van der Waals surface area contributed by atoms with E-state index < -0.39 is 15.6 Å². The van der Waals surface area contributed by atoms with E-state index in [2.05, 4.69) is 53.8 Å². The van der Waals surface area contributed by atoms with Crippen molar-refractivity contribution in [3.8, 4) is 0 Å². The lowest BCUT2D eigenvalue weighted by Gasteiger charge is -2.34. The van der Waals surface area contributed by atoms with Crippen LogP contribution in [-0.2, 0) is 10.0 Å². The van der Waals surface area contributed by atoms with Gasteiger partial charge in [-0.05, 0) is 64.5 Å². The van der Waals surface area contributed by atoms with Crippen LogP contribution in [-0.4, -0.2) is 61.0 Å². The molecule has 2 aromatic rings. The predicted octanol–water partition coefficient (Wildman–Crippen LogP) is 3.13. The number of benzene rings is 1. The number of aryl methyl sites for hydroxylation is 1. The molecule has 1 atom stereocenters. The summed E-state index contributed by atoms with van der Waals surface area (Å²) in [5.74, 6) is 1.09. The van der Waals surface area contributed by atoms with Crippen molar-refractivity contribution in [1.82, 2.24) is 24.9 Å². The molecule has 1 aromatic carbocycles. The first-order valence-electron chi connectivity index (χ1n) is 11.9. The Morgan fingerprint density at radius 3 is 2.66 bits per heavy atom. The molecule has 0 saturated carbocycles. The Hall–Kier alpha value is -2.79. The fourth-order valence-corrected chi connectivity index (χ4v) is 5.58. The van der Waals surface area contributed by atoms with Gasteiger partial charge in [-0.3, -0.25) is 4.90 Å². The van der Waals surface area contributed by atoms with Crippen LogP contribution in [0, 0.1) is 6.92 Å². The van der Waals surface area contributed by atoms with E-state index in [0.717, 1.165) is 43.9 Å². The Bertz CT molecular complexity index is 1210. The molecule has 2 aliphatic rings. The van der Waals surface area contributed by atoms with E-state index >= 15 is 0 Å². The maximum Gasteiger partial charge on any atom is 0.241 e. The SMILES string of the molecule is Cc1cnc(NC2=CC(N3CCNCC3)CC=C2)nc1Nc1cccc(S(=O)(=O)NC(C)(C)C)c1. The summed E-state index contributed by atoms with van der Waals surface area (Å²) < 4.78 is 28.2. The van der Waals surface area contributed by atoms with Crippen molar-refractivity contribution < 1.29 is 8.42 Å². The van der Waals surface area contributed by atoms with Gasteiger partial charge in [0.25, 0.3) is 0 Å². The molecule has 1 aromatic heterocycles. The van der Waals surface area contributed by atoms with Gasteiger partial charge in [0.2, 0.25) is 16.0 Å². The normalized spacial score (nSPS) is 19.3. The van der Waals surface area contributed by atoms with Crippen LogP contribution in [0.1, 0.15) is 32.8 Å². The van der Waals surface area contributed by atoms with E-state index in [0.29, 0.717) is 23.5 Å². The van der Waals surface area contributed by atoms with Crippen LogP contribution in [0.4, 0.5) is 17.5 Å². The summed E-state index contributed by atoms with van der Waals surface area (Å²) in [5.41, 5.74) is 1.88. The Labute approximate surface area is 208 Å². The van der Waals surface area contributed by atoms with Crippen molar-refractivity contribution in [2.45, 2.75) is 50.6 Å². The maximum absolute atomic E-state index is 12.7. The van der Waals surface area contributed by atoms with E-state index in [1.807, 2.05) is 33.8 Å². The molecule has 1 aliphatic heterocycles. The van der Waals surface area contributed by atoms with Crippen molar-refractivity contribution in [3.63, 3.8) is 0 Å². The lowest BCUT2D eigenvalue weighted by Crippen LogP contribution is -2.48. The Balaban J connectivity index is 1.49. The highest BCUT2D eigenvalue weighted by Gasteiger charge is 2.23. The van der Waals surface area contributed by atoms with E-state index in [1.165, 1.54) is 0 Å². The molecule has 1 unspecified atom stereocenters. The summed E-state index contributed by atoms with van der Waals surface area (Å²) in [5, 5.41) is 9.98. The number of sulfonamides is 1. The van der Waals surface area contributed by atoms with Crippen LogP contribution in [0.15, 0.2) is 59.3 Å². The Morgan fingerprint density at radius 1 is 1.14 bits per heavy atom. The average molecular weight is 498 g/mol. The molecule has 35 heavy (non-hydrogen) atoms. The van der Waals surface area contributed by atoms with Crippen molar-refractivity contribution in [1.29, 1.82) is 0 Å². The van der Waals surface area contributed by atoms with Crippen molar-refractivity contribution >= 4 is 27.5 Å². The lowest BCUT2D eigenvalue weighted by atomic mass is 10.0. The minimum atomic E-state index is -3.64. The van der Waals surface area contributed by atoms with Crippen LogP contribution in [0.25, 0.3) is 0 Å². The highest BCUT2D eigenvalue weighted by Crippen LogP contribution is 2.24. The van der Waals surface area contributed by atoms with Gasteiger partial charge in [0.1, 0.15) is 5.82 Å². The zero-order valence-electron chi connectivity index (χ0n) is 20.8. The zero-order chi connectivity index (χ0) is 25.1. The minimum Gasteiger partial charge on any atom is -0.340 e. The highest BCUT2D eigenvalue weighted by atomic mass is 32.2. The third kappa shape index (κ3) is 6.88. The van der Waals surface area contributed by atoms with Gasteiger partial charge in [-0.1, -0.05) is 12.1 Å². The van der Waals surface area contributed by atoms with Crippen molar-refractivity contribution in [2.24, 2.45) is 0 Å². The monoisotopic (exact) mass is 497 g/mol. The maximum atomic E-state index is 12.7. The molecule has 1 aliphatic carbocycles. The summed E-state index contributed by atoms with van der Waals surface area (Å²) in [7, 11) is -3.64. The number of hydrogen-bond donors (Lipinski definition) is 4. The van der Waals surface area contributed by atoms with Gasteiger partial charge < -0.3 is 16.0 Å². The first kappa shape index (κ1) is 25.3. The molecule has 4 N–H and O–H groups in total. The molecule has 0 bridgehead atoms. The van der Waals surface area contributed by atoms with Gasteiger partial charge in [-0.2, -0.15) is 4.98 Å². The fourth-order valence-electron chi connectivity index (χ4n) is 4.11. The highest BCUT2D eigenvalue weighted by molar-refractivity contribution is 7.89. The lowest BCUT2D eigenvalue weighted by molar-refractivity contribution is 0.201. The van der Waals surface area contributed by atoms with E-state index in [-0.39, 0.29) is 4.90 Å². The third-order valence-electron chi connectivity index (χ3n) is 5.74. The third-order valence-corrected chi connectivity index (χ3v) is 7.50. The van der Waals surface area contributed by atoms with Gasteiger partial charge in [0.05, 0.1) is 4.90 Å². The molecular formula is C25H35N7O2S. The standard InChI is InChI=1S/C25H35N7O2S/c1-18-17-27-24(29-19-7-5-9-21(15-19)32-13-11-26-12-14-32)30-23(18)28-20-8-6-10-22(16-20)35(33,34)31-25(2,3)4/h5-8,10,15-17,21,26,31H,9,11-14H2,1-4H3,(H2,27,28,29,30). The number of rotatable bonds is 7. The van der Waals surface area contributed by atoms with Gasteiger partial charge in [0.15, 0.2) is 0 Å².